The van der Waals surface area contributed by atoms with Crippen LogP contribution in [0.25, 0.3) is 0 Å². The molecule has 0 aliphatic heterocycles. The largest absolute Gasteiger partial charge is 0.326 e. The number of hydrogen-bond donors (Lipinski definition) is 1. The van der Waals surface area contributed by atoms with Crippen LogP contribution in [0.1, 0.15) is 22.4 Å². The zero-order valence-electron chi connectivity index (χ0n) is 15.9. The molecule has 0 saturated carbocycles. The van der Waals surface area contributed by atoms with Crippen LogP contribution in [0.4, 0.5) is 10.2 Å². The third kappa shape index (κ3) is 4.97. The third-order valence-electron chi connectivity index (χ3n) is 4.50. The zero-order valence-corrected chi connectivity index (χ0v) is 17.4. The fraction of sp³-hybridized carbons (Fsp3) is 0.190. The third-order valence-corrected chi connectivity index (χ3v) is 5.67. The van der Waals surface area contributed by atoms with E-state index in [0.29, 0.717) is 28.0 Å². The molecule has 0 radical (unpaired) electrons. The average molecular weight is 429 g/mol. The monoisotopic (exact) mass is 428 g/mol. The summed E-state index contributed by atoms with van der Waals surface area (Å²) in [5.41, 5.74) is 2.96. The normalized spacial score (nSPS) is 10.6. The number of thioether (sulfide) groups is 1. The minimum Gasteiger partial charge on any atom is -0.326 e. The summed E-state index contributed by atoms with van der Waals surface area (Å²) < 4.78 is 15.1. The second kappa shape index (κ2) is 9.12. The van der Waals surface area contributed by atoms with Crippen molar-refractivity contribution >= 4 is 35.1 Å². The zero-order chi connectivity index (χ0) is 21.0. The first-order chi connectivity index (χ1) is 13.9. The molecule has 0 unspecified atom stereocenters. The van der Waals surface area contributed by atoms with Crippen LogP contribution in [0, 0.1) is 31.0 Å². The van der Waals surface area contributed by atoms with Crippen molar-refractivity contribution in [3.63, 3.8) is 0 Å². The first-order valence-electron chi connectivity index (χ1n) is 8.77. The van der Waals surface area contributed by atoms with Gasteiger partial charge in [0.1, 0.15) is 17.7 Å². The van der Waals surface area contributed by atoms with Crippen LogP contribution < -0.4 is 5.32 Å². The van der Waals surface area contributed by atoms with E-state index in [1.807, 2.05) is 18.4 Å². The van der Waals surface area contributed by atoms with Crippen molar-refractivity contribution in [2.24, 2.45) is 0 Å². The van der Waals surface area contributed by atoms with E-state index in [1.165, 1.54) is 30.1 Å². The maximum absolute atomic E-state index is 13.2. The van der Waals surface area contributed by atoms with Crippen molar-refractivity contribution in [2.45, 2.75) is 25.4 Å². The molecule has 29 heavy (non-hydrogen) atoms. The van der Waals surface area contributed by atoms with Gasteiger partial charge in [0.05, 0.1) is 21.4 Å². The summed E-state index contributed by atoms with van der Waals surface area (Å²) in [7, 11) is 0. The molecule has 3 rings (SSSR count). The van der Waals surface area contributed by atoms with Crippen LogP contribution in [0.2, 0.25) is 5.02 Å². The SMILES string of the molecule is Cc1c(C#N)c(NC(=O)CSc2ccc(Cl)cn2)n(Cc2ccc(F)cc2)c1C. The number of hydrogen-bond acceptors (Lipinski definition) is 4. The molecular weight excluding hydrogens is 411 g/mol. The van der Waals surface area contributed by atoms with Crippen LogP contribution in [-0.2, 0) is 11.3 Å². The summed E-state index contributed by atoms with van der Waals surface area (Å²) in [6.45, 7) is 4.15. The molecule has 0 saturated heterocycles. The van der Waals surface area contributed by atoms with E-state index >= 15 is 0 Å². The average Bonchev–Trinajstić information content (AvgIpc) is 2.93. The second-order valence-corrected chi connectivity index (χ2v) is 7.84. The predicted octanol–water partition coefficient (Wildman–Crippen LogP) is 4.94. The van der Waals surface area contributed by atoms with Crippen molar-refractivity contribution in [2.75, 3.05) is 11.1 Å². The van der Waals surface area contributed by atoms with Gasteiger partial charge in [-0.3, -0.25) is 4.79 Å². The highest BCUT2D eigenvalue weighted by molar-refractivity contribution is 7.99. The molecule has 8 heteroatoms. The molecule has 0 aliphatic rings. The highest BCUT2D eigenvalue weighted by Crippen LogP contribution is 2.28. The first kappa shape index (κ1) is 20.9. The summed E-state index contributed by atoms with van der Waals surface area (Å²) in [5, 5.41) is 13.7. The Hall–Kier alpha value is -2.82. The van der Waals surface area contributed by atoms with Crippen LogP contribution in [0.3, 0.4) is 0 Å². The Labute approximate surface area is 177 Å². The maximum Gasteiger partial charge on any atom is 0.235 e. The van der Waals surface area contributed by atoms with Gasteiger partial charge in [-0.25, -0.2) is 9.37 Å². The van der Waals surface area contributed by atoms with Crippen molar-refractivity contribution in [1.29, 1.82) is 5.26 Å². The summed E-state index contributed by atoms with van der Waals surface area (Å²) in [6, 6.07) is 11.8. The Bertz CT molecular complexity index is 1070. The fourth-order valence-corrected chi connectivity index (χ4v) is 3.61. The lowest BCUT2D eigenvalue weighted by molar-refractivity contribution is -0.113. The molecule has 1 amide bonds. The molecule has 2 aromatic heterocycles. The van der Waals surface area contributed by atoms with Crippen LogP contribution in [0.5, 0.6) is 0 Å². The number of nitriles is 1. The maximum atomic E-state index is 13.2. The Morgan fingerprint density at radius 3 is 2.62 bits per heavy atom. The Balaban J connectivity index is 1.80. The number of nitrogens with zero attached hydrogens (tertiary/aromatic N) is 3. The molecule has 3 aromatic rings. The van der Waals surface area contributed by atoms with E-state index in [-0.39, 0.29) is 17.5 Å². The van der Waals surface area contributed by atoms with Gasteiger partial charge < -0.3 is 9.88 Å². The first-order valence-corrected chi connectivity index (χ1v) is 10.1. The van der Waals surface area contributed by atoms with Gasteiger partial charge in [-0.2, -0.15) is 5.26 Å². The van der Waals surface area contributed by atoms with E-state index in [2.05, 4.69) is 16.4 Å². The molecule has 1 N–H and O–H groups in total. The number of amides is 1. The van der Waals surface area contributed by atoms with E-state index in [0.717, 1.165) is 16.8 Å². The molecule has 0 bridgehead atoms. The number of halogens is 2. The summed E-state index contributed by atoms with van der Waals surface area (Å²) in [5.74, 6) is 0.0232. The van der Waals surface area contributed by atoms with Crippen molar-refractivity contribution in [3.8, 4) is 6.07 Å². The minimum absolute atomic E-state index is 0.138. The number of anilines is 1. The molecule has 5 nitrogen and oxygen atoms in total. The van der Waals surface area contributed by atoms with Gasteiger partial charge >= 0.3 is 0 Å². The number of rotatable bonds is 6. The molecule has 148 valence electrons. The van der Waals surface area contributed by atoms with Crippen LogP contribution in [0.15, 0.2) is 47.6 Å². The number of benzene rings is 1. The topological polar surface area (TPSA) is 70.7 Å². The second-order valence-electron chi connectivity index (χ2n) is 6.41. The predicted molar refractivity (Wildman–Crippen MR) is 113 cm³/mol. The molecule has 0 fully saturated rings. The Kier molecular flexibility index (Phi) is 6.57. The van der Waals surface area contributed by atoms with Gasteiger partial charge in [-0.05, 0) is 49.2 Å². The number of carbonyl (C=O) groups is 1. The molecule has 1 aromatic carbocycles. The van der Waals surface area contributed by atoms with Crippen LogP contribution >= 0.6 is 23.4 Å². The lowest BCUT2D eigenvalue weighted by Crippen LogP contribution is -2.18. The number of aromatic nitrogens is 2. The quantitative estimate of drug-likeness (QED) is 0.564. The van der Waals surface area contributed by atoms with Gasteiger partial charge in [0, 0.05) is 18.4 Å². The van der Waals surface area contributed by atoms with Crippen molar-refractivity contribution in [1.82, 2.24) is 9.55 Å². The minimum atomic E-state index is -0.312. The molecular formula is C21H18ClFN4OS. The van der Waals surface area contributed by atoms with Crippen molar-refractivity contribution in [3.05, 3.63) is 75.8 Å². The molecule has 0 aliphatic carbocycles. The highest BCUT2D eigenvalue weighted by atomic mass is 35.5. The number of pyridine rings is 1. The Morgan fingerprint density at radius 1 is 1.28 bits per heavy atom. The van der Waals surface area contributed by atoms with Gasteiger partial charge in [0.25, 0.3) is 0 Å². The highest BCUT2D eigenvalue weighted by Gasteiger charge is 2.20. The van der Waals surface area contributed by atoms with E-state index < -0.39 is 0 Å². The van der Waals surface area contributed by atoms with Gasteiger partial charge in [-0.1, -0.05) is 35.5 Å². The number of carbonyl (C=O) groups excluding carboxylic acids is 1. The van der Waals surface area contributed by atoms with Gasteiger partial charge in [-0.15, -0.1) is 0 Å². The van der Waals surface area contributed by atoms with E-state index in [9.17, 15) is 14.4 Å². The summed E-state index contributed by atoms with van der Waals surface area (Å²) in [4.78, 5) is 16.7. The van der Waals surface area contributed by atoms with Crippen LogP contribution in [-0.4, -0.2) is 21.2 Å². The van der Waals surface area contributed by atoms with E-state index in [1.54, 1.807) is 24.3 Å². The van der Waals surface area contributed by atoms with E-state index in [4.69, 9.17) is 11.6 Å². The smallest absolute Gasteiger partial charge is 0.235 e. The molecule has 0 atom stereocenters. The lowest BCUT2D eigenvalue weighted by Gasteiger charge is -2.13. The Morgan fingerprint density at radius 2 is 2.00 bits per heavy atom. The lowest BCUT2D eigenvalue weighted by atomic mass is 10.2. The van der Waals surface area contributed by atoms with Gasteiger partial charge in [0.2, 0.25) is 5.91 Å². The molecule has 2 heterocycles. The molecule has 0 spiro atoms. The summed E-state index contributed by atoms with van der Waals surface area (Å²) in [6.07, 6.45) is 1.52. The van der Waals surface area contributed by atoms with Crippen molar-refractivity contribution < 1.29 is 9.18 Å². The number of nitrogens with one attached hydrogen (secondary N) is 1. The summed E-state index contributed by atoms with van der Waals surface area (Å²) >= 11 is 7.10. The fourth-order valence-electron chi connectivity index (χ4n) is 2.86. The van der Waals surface area contributed by atoms with Gasteiger partial charge in [0.15, 0.2) is 0 Å². The standard InChI is InChI=1S/C21H18ClFN4OS/c1-13-14(2)27(11-15-3-6-17(23)7-4-15)21(18(13)9-24)26-19(28)12-29-20-8-5-16(22)10-25-20/h3-8,10H,11-12H2,1-2H3,(H,26,28).